The molecule has 4 rings (SSSR count). The second-order valence-electron chi connectivity index (χ2n) is 6.76. The molecule has 160 valence electrons. The standard InChI is InChI=1S/C21H17ClFN3O4S/c22-19-7-4-16(11-18(19)20-8-3-15(23)12-24-20)25-21(27)14-1-5-17(6-2-14)26-13-30-9-10-31(26,28)29/h1-8,11-12H,9-10,13H2,(H,25,27). The van der Waals surface area contributed by atoms with Crippen LogP contribution in [0.4, 0.5) is 15.8 Å². The minimum absolute atomic E-state index is 0.0567. The number of hydrogen-bond donors (Lipinski definition) is 1. The summed E-state index contributed by atoms with van der Waals surface area (Å²) in [6.45, 7) is 0.106. The molecule has 1 aliphatic rings. The number of hydrogen-bond acceptors (Lipinski definition) is 5. The highest BCUT2D eigenvalue weighted by Gasteiger charge is 2.26. The molecule has 0 bridgehead atoms. The summed E-state index contributed by atoms with van der Waals surface area (Å²) in [7, 11) is -3.43. The molecule has 1 fully saturated rings. The van der Waals surface area contributed by atoms with Gasteiger partial charge in [-0.3, -0.25) is 9.78 Å². The third kappa shape index (κ3) is 4.68. The molecule has 1 amide bonds. The van der Waals surface area contributed by atoms with E-state index < -0.39 is 15.8 Å². The summed E-state index contributed by atoms with van der Waals surface area (Å²) in [5.74, 6) is -0.932. The van der Waals surface area contributed by atoms with Crippen molar-refractivity contribution in [2.45, 2.75) is 0 Å². The Bertz CT molecular complexity index is 1220. The molecular weight excluding hydrogens is 445 g/mol. The molecule has 1 N–H and O–H groups in total. The van der Waals surface area contributed by atoms with Gasteiger partial charge in [-0.25, -0.2) is 17.1 Å². The molecule has 1 aliphatic heterocycles. The number of rotatable bonds is 4. The molecule has 0 unspecified atom stereocenters. The average Bonchev–Trinajstić information content (AvgIpc) is 2.75. The molecule has 7 nitrogen and oxygen atoms in total. The molecular formula is C21H17ClFN3O4S. The smallest absolute Gasteiger partial charge is 0.255 e. The van der Waals surface area contributed by atoms with E-state index in [-0.39, 0.29) is 25.0 Å². The van der Waals surface area contributed by atoms with Crippen LogP contribution < -0.4 is 9.62 Å². The molecule has 0 atom stereocenters. The first-order chi connectivity index (χ1) is 14.8. The molecule has 1 aromatic heterocycles. The Balaban J connectivity index is 1.52. The molecule has 0 spiro atoms. The van der Waals surface area contributed by atoms with Crippen molar-refractivity contribution in [2.75, 3.05) is 28.7 Å². The maximum Gasteiger partial charge on any atom is 0.255 e. The molecule has 31 heavy (non-hydrogen) atoms. The zero-order chi connectivity index (χ0) is 22.0. The van der Waals surface area contributed by atoms with E-state index in [9.17, 15) is 17.6 Å². The third-order valence-electron chi connectivity index (χ3n) is 4.67. The van der Waals surface area contributed by atoms with E-state index in [4.69, 9.17) is 16.3 Å². The van der Waals surface area contributed by atoms with Gasteiger partial charge in [-0.05, 0) is 54.6 Å². The number of aromatic nitrogens is 1. The van der Waals surface area contributed by atoms with Crippen LogP contribution in [0.1, 0.15) is 10.4 Å². The normalized spacial score (nSPS) is 15.5. The average molecular weight is 462 g/mol. The van der Waals surface area contributed by atoms with Gasteiger partial charge >= 0.3 is 0 Å². The molecule has 0 aliphatic carbocycles. The number of carbonyl (C=O) groups excluding carboxylic acids is 1. The van der Waals surface area contributed by atoms with Crippen molar-refractivity contribution in [3.63, 3.8) is 0 Å². The van der Waals surface area contributed by atoms with Gasteiger partial charge in [-0.15, -0.1) is 0 Å². The van der Waals surface area contributed by atoms with Gasteiger partial charge in [-0.2, -0.15) is 0 Å². The maximum absolute atomic E-state index is 13.1. The summed E-state index contributed by atoms with van der Waals surface area (Å²) in [5, 5.41) is 3.17. The van der Waals surface area contributed by atoms with Crippen LogP contribution in [0.5, 0.6) is 0 Å². The van der Waals surface area contributed by atoms with Crippen LogP contribution in [0.15, 0.2) is 60.8 Å². The Hall–Kier alpha value is -3.01. The number of sulfonamides is 1. The fraction of sp³-hybridized carbons (Fsp3) is 0.143. The zero-order valence-electron chi connectivity index (χ0n) is 16.1. The summed E-state index contributed by atoms with van der Waals surface area (Å²) in [6.07, 6.45) is 1.09. The van der Waals surface area contributed by atoms with Crippen molar-refractivity contribution >= 4 is 38.9 Å². The van der Waals surface area contributed by atoms with Gasteiger partial charge in [-0.1, -0.05) is 11.6 Å². The molecule has 0 saturated carbocycles. The van der Waals surface area contributed by atoms with Crippen molar-refractivity contribution in [2.24, 2.45) is 0 Å². The lowest BCUT2D eigenvalue weighted by Crippen LogP contribution is -2.41. The number of benzene rings is 2. The first-order valence-corrected chi connectivity index (χ1v) is 11.2. The molecule has 10 heteroatoms. The molecule has 0 radical (unpaired) electrons. The summed E-state index contributed by atoms with van der Waals surface area (Å²) in [4.78, 5) is 16.7. The summed E-state index contributed by atoms with van der Waals surface area (Å²) in [6, 6.07) is 13.8. The predicted octanol–water partition coefficient (Wildman–Crippen LogP) is 3.92. The van der Waals surface area contributed by atoms with E-state index in [0.29, 0.717) is 33.2 Å². The van der Waals surface area contributed by atoms with Gasteiger partial charge in [0.25, 0.3) is 5.91 Å². The highest BCUT2D eigenvalue weighted by atomic mass is 35.5. The van der Waals surface area contributed by atoms with Gasteiger partial charge in [0.05, 0.1) is 35.0 Å². The number of carbonyl (C=O) groups is 1. The third-order valence-corrected chi connectivity index (χ3v) is 6.67. The first-order valence-electron chi connectivity index (χ1n) is 9.24. The molecule has 1 saturated heterocycles. The van der Waals surface area contributed by atoms with Gasteiger partial charge < -0.3 is 10.1 Å². The fourth-order valence-corrected chi connectivity index (χ4v) is 4.50. The second-order valence-corrected chi connectivity index (χ2v) is 9.18. The Labute approximate surface area is 183 Å². The Morgan fingerprint density at radius 1 is 1.13 bits per heavy atom. The summed E-state index contributed by atoms with van der Waals surface area (Å²) >= 11 is 6.23. The first kappa shape index (κ1) is 21.2. The topological polar surface area (TPSA) is 88.6 Å². The Morgan fingerprint density at radius 3 is 2.58 bits per heavy atom. The minimum Gasteiger partial charge on any atom is -0.359 e. The van der Waals surface area contributed by atoms with E-state index in [0.717, 1.165) is 6.20 Å². The number of halogens is 2. The number of nitrogens with one attached hydrogen (secondary N) is 1. The lowest BCUT2D eigenvalue weighted by Gasteiger charge is -2.28. The number of pyridine rings is 1. The SMILES string of the molecule is O=C(Nc1ccc(Cl)c(-c2ccc(F)cn2)c1)c1ccc(N2COCCS2(=O)=O)cc1. The van der Waals surface area contributed by atoms with Crippen LogP contribution in [0.25, 0.3) is 11.3 Å². The van der Waals surface area contributed by atoms with E-state index in [2.05, 4.69) is 10.3 Å². The van der Waals surface area contributed by atoms with Gasteiger partial charge in [0.15, 0.2) is 0 Å². The Morgan fingerprint density at radius 2 is 1.90 bits per heavy atom. The van der Waals surface area contributed by atoms with Crippen LogP contribution >= 0.6 is 11.6 Å². The quantitative estimate of drug-likeness (QED) is 0.636. The molecule has 2 heterocycles. The van der Waals surface area contributed by atoms with E-state index in [1.54, 1.807) is 30.3 Å². The Kier molecular flexibility index (Phi) is 5.90. The van der Waals surface area contributed by atoms with E-state index >= 15 is 0 Å². The van der Waals surface area contributed by atoms with Crippen LogP contribution in [0.2, 0.25) is 5.02 Å². The lowest BCUT2D eigenvalue weighted by molar-refractivity contribution is 0.102. The van der Waals surface area contributed by atoms with E-state index in [1.807, 2.05) is 0 Å². The highest BCUT2D eigenvalue weighted by molar-refractivity contribution is 7.92. The number of amides is 1. The largest absolute Gasteiger partial charge is 0.359 e. The zero-order valence-corrected chi connectivity index (χ0v) is 17.7. The maximum atomic E-state index is 13.1. The van der Waals surface area contributed by atoms with Gasteiger partial charge in [0.1, 0.15) is 12.5 Å². The number of nitrogens with zero attached hydrogens (tertiary/aromatic N) is 2. The minimum atomic E-state index is -3.43. The highest BCUT2D eigenvalue weighted by Crippen LogP contribution is 2.30. The van der Waals surface area contributed by atoms with Crippen molar-refractivity contribution in [3.05, 3.63) is 77.2 Å². The van der Waals surface area contributed by atoms with Crippen LogP contribution in [-0.4, -0.2) is 38.4 Å². The monoisotopic (exact) mass is 461 g/mol. The second kappa shape index (κ2) is 8.62. The van der Waals surface area contributed by atoms with Crippen LogP contribution in [-0.2, 0) is 14.8 Å². The van der Waals surface area contributed by atoms with Crippen LogP contribution in [0, 0.1) is 5.82 Å². The fourth-order valence-electron chi connectivity index (χ4n) is 3.05. The predicted molar refractivity (Wildman–Crippen MR) is 116 cm³/mol. The summed E-state index contributed by atoms with van der Waals surface area (Å²) < 4.78 is 43.9. The van der Waals surface area contributed by atoms with Crippen molar-refractivity contribution in [3.8, 4) is 11.3 Å². The number of ether oxygens (including phenoxy) is 1. The summed E-state index contributed by atoms with van der Waals surface area (Å²) in [5.41, 5.74) is 2.26. The lowest BCUT2D eigenvalue weighted by atomic mass is 10.1. The van der Waals surface area contributed by atoms with Crippen molar-refractivity contribution < 1.29 is 22.3 Å². The van der Waals surface area contributed by atoms with Gasteiger partial charge in [0, 0.05) is 16.8 Å². The van der Waals surface area contributed by atoms with Gasteiger partial charge in [0.2, 0.25) is 10.0 Å². The molecule has 2 aromatic carbocycles. The van der Waals surface area contributed by atoms with Crippen LogP contribution in [0.3, 0.4) is 0 Å². The van der Waals surface area contributed by atoms with Crippen molar-refractivity contribution in [1.29, 1.82) is 0 Å². The van der Waals surface area contributed by atoms with Crippen molar-refractivity contribution in [1.82, 2.24) is 4.98 Å². The molecule has 3 aromatic rings. The van der Waals surface area contributed by atoms with E-state index in [1.165, 1.54) is 28.6 Å². The number of anilines is 2.